The standard InChI is InChI=1S/C50H37N/c1-49(2)42-28-11-13-30-44(42)50(45-31-14-12-29-43(45)49)41-27-10-9-22-40(41)48-39(26-16-32-46(48)50)37-23-15-25-38-36(37)24-17-33-47(38)51(34-18-5-3-6-19-34)35-20-7-4-8-21-35/h3-33H,1-2H3. The van der Waals surface area contributed by atoms with Crippen LogP contribution in [0.1, 0.15) is 47.2 Å². The third kappa shape index (κ3) is 4.09. The van der Waals surface area contributed by atoms with Crippen LogP contribution in [-0.2, 0) is 10.8 Å². The first-order valence-corrected chi connectivity index (χ1v) is 18.0. The minimum absolute atomic E-state index is 0.122. The zero-order valence-corrected chi connectivity index (χ0v) is 28.8. The summed E-state index contributed by atoms with van der Waals surface area (Å²) in [5.74, 6) is 0. The zero-order valence-electron chi connectivity index (χ0n) is 28.8. The average Bonchev–Trinajstić information content (AvgIpc) is 3.49. The highest BCUT2D eigenvalue weighted by atomic mass is 15.1. The summed E-state index contributed by atoms with van der Waals surface area (Å²) in [6, 6.07) is 69.5. The molecule has 0 saturated carbocycles. The maximum absolute atomic E-state index is 2.40. The smallest absolute Gasteiger partial charge is 0.0719 e. The fourth-order valence-corrected chi connectivity index (χ4v) is 9.44. The van der Waals surface area contributed by atoms with Gasteiger partial charge < -0.3 is 4.90 Å². The van der Waals surface area contributed by atoms with Gasteiger partial charge in [-0.1, -0.05) is 172 Å². The van der Waals surface area contributed by atoms with Crippen molar-refractivity contribution >= 4 is 27.8 Å². The minimum atomic E-state index is -0.419. The normalized spacial score (nSPS) is 14.4. The van der Waals surface area contributed by atoms with E-state index in [1.807, 2.05) is 0 Å². The molecule has 242 valence electrons. The Morgan fingerprint density at radius 3 is 1.43 bits per heavy atom. The quantitative estimate of drug-likeness (QED) is 0.183. The van der Waals surface area contributed by atoms with Crippen LogP contribution in [0.5, 0.6) is 0 Å². The fourth-order valence-electron chi connectivity index (χ4n) is 9.44. The summed E-state index contributed by atoms with van der Waals surface area (Å²) in [4.78, 5) is 2.38. The van der Waals surface area contributed by atoms with Gasteiger partial charge in [0.25, 0.3) is 0 Å². The Morgan fingerprint density at radius 2 is 0.784 bits per heavy atom. The molecule has 0 atom stereocenters. The van der Waals surface area contributed by atoms with Crippen molar-refractivity contribution in [2.24, 2.45) is 0 Å². The molecule has 8 aromatic rings. The van der Waals surface area contributed by atoms with Gasteiger partial charge in [0.05, 0.1) is 11.1 Å². The highest BCUT2D eigenvalue weighted by Crippen LogP contribution is 2.63. The van der Waals surface area contributed by atoms with Crippen molar-refractivity contribution < 1.29 is 0 Å². The Morgan fingerprint density at radius 1 is 0.333 bits per heavy atom. The summed E-state index contributed by atoms with van der Waals surface area (Å²) in [5, 5.41) is 2.46. The third-order valence-corrected chi connectivity index (χ3v) is 11.5. The first-order valence-electron chi connectivity index (χ1n) is 18.0. The van der Waals surface area contributed by atoms with Crippen molar-refractivity contribution in [3.63, 3.8) is 0 Å². The van der Waals surface area contributed by atoms with Crippen molar-refractivity contribution in [2.45, 2.75) is 24.7 Å². The Kier molecular flexibility index (Phi) is 6.51. The minimum Gasteiger partial charge on any atom is -0.310 e. The SMILES string of the molecule is CC1(C)c2ccccc2C2(c3ccccc3-c3c(-c4cccc5c(N(c6ccccc6)c6ccccc6)cccc45)cccc32)c2ccccc21. The van der Waals surface area contributed by atoms with Gasteiger partial charge in [-0.05, 0) is 91.4 Å². The number of anilines is 3. The summed E-state index contributed by atoms with van der Waals surface area (Å²) >= 11 is 0. The largest absolute Gasteiger partial charge is 0.310 e. The van der Waals surface area contributed by atoms with E-state index in [1.54, 1.807) is 0 Å². The molecule has 0 aromatic heterocycles. The molecule has 0 aliphatic heterocycles. The van der Waals surface area contributed by atoms with Gasteiger partial charge in [-0.2, -0.15) is 0 Å². The lowest BCUT2D eigenvalue weighted by molar-refractivity contribution is 0.563. The maximum atomic E-state index is 2.40. The molecule has 0 radical (unpaired) electrons. The molecule has 0 heterocycles. The van der Waals surface area contributed by atoms with Gasteiger partial charge in [-0.3, -0.25) is 0 Å². The topological polar surface area (TPSA) is 3.24 Å². The van der Waals surface area contributed by atoms with E-state index in [2.05, 4.69) is 207 Å². The average molecular weight is 652 g/mol. The Balaban J connectivity index is 1.27. The fraction of sp³-hybridized carbons (Fsp3) is 0.0800. The van der Waals surface area contributed by atoms with Crippen molar-refractivity contribution in [1.82, 2.24) is 0 Å². The van der Waals surface area contributed by atoms with E-state index in [0.29, 0.717) is 0 Å². The van der Waals surface area contributed by atoms with E-state index in [1.165, 1.54) is 66.4 Å². The van der Waals surface area contributed by atoms with Gasteiger partial charge in [0.1, 0.15) is 0 Å². The summed E-state index contributed by atoms with van der Waals surface area (Å²) in [6.07, 6.45) is 0. The molecule has 51 heavy (non-hydrogen) atoms. The Labute approximate surface area is 300 Å². The molecule has 1 spiro atoms. The van der Waals surface area contributed by atoms with Crippen LogP contribution in [0, 0.1) is 0 Å². The number of para-hydroxylation sites is 2. The molecule has 1 heteroatoms. The molecule has 2 aliphatic carbocycles. The van der Waals surface area contributed by atoms with Crippen LogP contribution in [-0.4, -0.2) is 0 Å². The van der Waals surface area contributed by atoms with Gasteiger partial charge in [0, 0.05) is 22.2 Å². The highest BCUT2D eigenvalue weighted by Gasteiger charge is 2.53. The summed E-state index contributed by atoms with van der Waals surface area (Å²) in [7, 11) is 0. The number of benzene rings is 8. The molecule has 0 N–H and O–H groups in total. The lowest BCUT2D eigenvalue weighted by atomic mass is 9.55. The molecule has 0 bridgehead atoms. The number of hydrogen-bond acceptors (Lipinski definition) is 1. The molecule has 0 amide bonds. The van der Waals surface area contributed by atoms with E-state index in [9.17, 15) is 0 Å². The number of fused-ring (bicyclic) bond motifs is 10. The van der Waals surface area contributed by atoms with Crippen LogP contribution in [0.25, 0.3) is 33.0 Å². The van der Waals surface area contributed by atoms with Crippen LogP contribution in [0.15, 0.2) is 188 Å². The monoisotopic (exact) mass is 651 g/mol. The van der Waals surface area contributed by atoms with E-state index in [0.717, 1.165) is 17.1 Å². The lowest BCUT2D eigenvalue weighted by Gasteiger charge is -2.46. The third-order valence-electron chi connectivity index (χ3n) is 11.5. The molecule has 0 fully saturated rings. The van der Waals surface area contributed by atoms with Gasteiger partial charge in [-0.25, -0.2) is 0 Å². The second kappa shape index (κ2) is 11.2. The molecule has 2 aliphatic rings. The molecular weight excluding hydrogens is 615 g/mol. The van der Waals surface area contributed by atoms with Crippen molar-refractivity contribution in [3.8, 4) is 22.3 Å². The van der Waals surface area contributed by atoms with Crippen molar-refractivity contribution in [1.29, 1.82) is 0 Å². The second-order valence-corrected chi connectivity index (χ2v) is 14.4. The first-order chi connectivity index (χ1) is 25.1. The van der Waals surface area contributed by atoms with Crippen molar-refractivity contribution in [3.05, 3.63) is 221 Å². The van der Waals surface area contributed by atoms with Gasteiger partial charge >= 0.3 is 0 Å². The number of hydrogen-bond donors (Lipinski definition) is 0. The summed E-state index contributed by atoms with van der Waals surface area (Å²) < 4.78 is 0. The first kappa shape index (κ1) is 29.7. The number of nitrogens with zero attached hydrogens (tertiary/aromatic N) is 1. The molecular formula is C50H37N. The highest BCUT2D eigenvalue weighted by molar-refractivity contribution is 6.09. The molecule has 10 rings (SSSR count). The van der Waals surface area contributed by atoms with Crippen LogP contribution in [0.2, 0.25) is 0 Å². The predicted octanol–water partition coefficient (Wildman–Crippen LogP) is 13.0. The van der Waals surface area contributed by atoms with E-state index < -0.39 is 5.41 Å². The van der Waals surface area contributed by atoms with Crippen LogP contribution in [0.4, 0.5) is 17.1 Å². The van der Waals surface area contributed by atoms with E-state index in [4.69, 9.17) is 0 Å². The summed E-state index contributed by atoms with van der Waals surface area (Å²) in [6.45, 7) is 4.77. The van der Waals surface area contributed by atoms with Crippen LogP contribution >= 0.6 is 0 Å². The zero-order chi connectivity index (χ0) is 34.2. The van der Waals surface area contributed by atoms with Gasteiger partial charge in [0.2, 0.25) is 0 Å². The van der Waals surface area contributed by atoms with Gasteiger partial charge in [-0.15, -0.1) is 0 Å². The predicted molar refractivity (Wildman–Crippen MR) is 213 cm³/mol. The van der Waals surface area contributed by atoms with Gasteiger partial charge in [0.15, 0.2) is 0 Å². The maximum Gasteiger partial charge on any atom is 0.0719 e. The molecule has 0 saturated heterocycles. The van der Waals surface area contributed by atoms with Crippen LogP contribution < -0.4 is 4.90 Å². The number of rotatable bonds is 4. The van der Waals surface area contributed by atoms with E-state index in [-0.39, 0.29) is 5.41 Å². The molecule has 0 unspecified atom stereocenters. The van der Waals surface area contributed by atoms with Crippen LogP contribution in [0.3, 0.4) is 0 Å². The van der Waals surface area contributed by atoms with Crippen molar-refractivity contribution in [2.75, 3.05) is 4.90 Å². The second-order valence-electron chi connectivity index (χ2n) is 14.4. The lowest BCUT2D eigenvalue weighted by Crippen LogP contribution is -2.40. The molecule has 8 aromatic carbocycles. The summed E-state index contributed by atoms with van der Waals surface area (Å²) in [5.41, 5.74) is 16.3. The Hall–Kier alpha value is -6.18. The Bertz CT molecular complexity index is 2530. The molecule has 1 nitrogen and oxygen atoms in total. The van der Waals surface area contributed by atoms with E-state index >= 15 is 0 Å².